The van der Waals surface area contributed by atoms with E-state index in [2.05, 4.69) is 5.32 Å². The van der Waals surface area contributed by atoms with Crippen molar-refractivity contribution in [1.29, 1.82) is 0 Å². The molecule has 1 fully saturated rings. The normalized spacial score (nSPS) is 14.3. The van der Waals surface area contributed by atoms with E-state index in [1.165, 1.54) is 20.4 Å². The number of anilines is 1. The van der Waals surface area contributed by atoms with E-state index in [1.54, 1.807) is 47.0 Å². The van der Waals surface area contributed by atoms with Gasteiger partial charge in [-0.1, -0.05) is 31.0 Å². The van der Waals surface area contributed by atoms with Gasteiger partial charge < -0.3 is 24.3 Å². The van der Waals surface area contributed by atoms with Crippen LogP contribution in [0.5, 0.6) is 11.5 Å². The molecule has 2 heterocycles. The molecule has 0 radical (unpaired) electrons. The van der Waals surface area contributed by atoms with Crippen molar-refractivity contribution in [2.45, 2.75) is 37.1 Å². The van der Waals surface area contributed by atoms with Gasteiger partial charge in [-0.05, 0) is 31.0 Å². The number of aromatic nitrogens is 1. The molecule has 0 unspecified atom stereocenters. The minimum atomic E-state index is -4.01. The van der Waals surface area contributed by atoms with E-state index in [4.69, 9.17) is 9.47 Å². The van der Waals surface area contributed by atoms with Gasteiger partial charge in [-0.25, -0.2) is 8.42 Å². The van der Waals surface area contributed by atoms with Gasteiger partial charge in [-0.3, -0.25) is 9.59 Å². The number of nitrogens with one attached hydrogen (secondary N) is 1. The summed E-state index contributed by atoms with van der Waals surface area (Å²) in [5, 5.41) is 3.09. The van der Waals surface area contributed by atoms with E-state index in [-0.39, 0.29) is 17.3 Å². The fourth-order valence-electron chi connectivity index (χ4n) is 4.50. The Morgan fingerprint density at radius 3 is 2.39 bits per heavy atom. The molecular formula is C26H31N3O6S. The van der Waals surface area contributed by atoms with E-state index in [1.807, 2.05) is 4.90 Å². The van der Waals surface area contributed by atoms with Crippen LogP contribution in [0, 0.1) is 0 Å². The Labute approximate surface area is 210 Å². The van der Waals surface area contributed by atoms with Crippen LogP contribution in [-0.2, 0) is 26.0 Å². The fraction of sp³-hybridized carbons (Fsp3) is 0.385. The summed E-state index contributed by atoms with van der Waals surface area (Å²) < 4.78 is 38.7. The third-order valence-electron chi connectivity index (χ3n) is 6.36. The lowest BCUT2D eigenvalue weighted by molar-refractivity contribution is -0.131. The highest BCUT2D eigenvalue weighted by molar-refractivity contribution is 7.92. The first-order valence-electron chi connectivity index (χ1n) is 11.9. The molecule has 36 heavy (non-hydrogen) atoms. The van der Waals surface area contributed by atoms with Crippen LogP contribution in [0.25, 0.3) is 10.9 Å². The second-order valence-electron chi connectivity index (χ2n) is 8.81. The van der Waals surface area contributed by atoms with Gasteiger partial charge in [0.2, 0.25) is 11.8 Å². The lowest BCUT2D eigenvalue weighted by atomic mass is 10.2. The number of sulfone groups is 1. The largest absolute Gasteiger partial charge is 0.497 e. The molecule has 1 aromatic heterocycles. The Kier molecular flexibility index (Phi) is 7.83. The predicted octanol–water partition coefficient (Wildman–Crippen LogP) is 3.47. The molecule has 2 amide bonds. The maximum atomic E-state index is 13.3. The smallest absolute Gasteiger partial charge is 0.242 e. The third kappa shape index (κ3) is 5.64. The topological polar surface area (TPSA) is 107 Å². The van der Waals surface area contributed by atoms with Gasteiger partial charge in [0.25, 0.3) is 0 Å². The molecule has 0 bridgehead atoms. The number of hydrogen-bond donors (Lipinski definition) is 1. The van der Waals surface area contributed by atoms with Crippen LogP contribution in [-0.4, -0.2) is 62.8 Å². The van der Waals surface area contributed by atoms with E-state index < -0.39 is 21.5 Å². The molecule has 192 valence electrons. The maximum Gasteiger partial charge on any atom is 0.242 e. The van der Waals surface area contributed by atoms with Gasteiger partial charge in [-0.15, -0.1) is 0 Å². The summed E-state index contributed by atoms with van der Waals surface area (Å²) in [5.74, 6) is -0.596. The van der Waals surface area contributed by atoms with Crippen molar-refractivity contribution < 1.29 is 27.5 Å². The molecule has 0 spiro atoms. The summed E-state index contributed by atoms with van der Waals surface area (Å²) in [6.45, 7) is 1.49. The van der Waals surface area contributed by atoms with Gasteiger partial charge in [0.05, 0.1) is 24.8 Å². The van der Waals surface area contributed by atoms with Crippen LogP contribution in [0.1, 0.15) is 25.7 Å². The first-order chi connectivity index (χ1) is 17.3. The number of nitrogens with zero attached hydrogens (tertiary/aromatic N) is 2. The number of rotatable bonds is 8. The number of methoxy groups -OCH3 is 2. The zero-order valence-corrected chi connectivity index (χ0v) is 21.3. The van der Waals surface area contributed by atoms with Crippen LogP contribution in [0.15, 0.2) is 53.6 Å². The first kappa shape index (κ1) is 25.6. The third-order valence-corrected chi connectivity index (χ3v) is 7.99. The quantitative estimate of drug-likeness (QED) is 0.494. The van der Waals surface area contributed by atoms with E-state index in [0.717, 1.165) is 38.8 Å². The van der Waals surface area contributed by atoms with Crippen molar-refractivity contribution in [3.05, 3.63) is 48.7 Å². The molecule has 9 nitrogen and oxygen atoms in total. The summed E-state index contributed by atoms with van der Waals surface area (Å²) >= 11 is 0. The Morgan fingerprint density at radius 1 is 0.972 bits per heavy atom. The number of hydrogen-bond acceptors (Lipinski definition) is 6. The zero-order chi connectivity index (χ0) is 25.7. The molecule has 2 aromatic carbocycles. The van der Waals surface area contributed by atoms with Crippen molar-refractivity contribution in [3.8, 4) is 11.5 Å². The molecule has 10 heteroatoms. The van der Waals surface area contributed by atoms with E-state index in [9.17, 15) is 18.0 Å². The molecular weight excluding hydrogens is 482 g/mol. The second kappa shape index (κ2) is 11.0. The number of benzene rings is 2. The number of ether oxygens (including phenoxy) is 2. The van der Waals surface area contributed by atoms with Crippen molar-refractivity contribution >= 4 is 38.2 Å². The highest BCUT2D eigenvalue weighted by atomic mass is 32.2. The second-order valence-corrected chi connectivity index (χ2v) is 10.8. The summed E-state index contributed by atoms with van der Waals surface area (Å²) in [6.07, 6.45) is 5.65. The highest BCUT2D eigenvalue weighted by Gasteiger charge is 2.26. The van der Waals surface area contributed by atoms with Crippen LogP contribution in [0.3, 0.4) is 0 Å². The summed E-state index contributed by atoms with van der Waals surface area (Å²) in [5.41, 5.74) is 0.973. The molecule has 4 rings (SSSR count). The SMILES string of the molecule is COc1ccc(NC(=O)CS(=O)(=O)c2cn(CC(=O)N3CCCCCC3)c3ccccc23)c(OC)c1. The van der Waals surface area contributed by atoms with Gasteiger partial charge in [0, 0.05) is 36.3 Å². The molecule has 1 saturated heterocycles. The summed E-state index contributed by atoms with van der Waals surface area (Å²) in [4.78, 5) is 27.6. The van der Waals surface area contributed by atoms with Crippen molar-refractivity contribution in [2.75, 3.05) is 38.4 Å². The van der Waals surface area contributed by atoms with E-state index in [0.29, 0.717) is 28.1 Å². The average Bonchev–Trinajstić information content (AvgIpc) is 3.03. The summed E-state index contributed by atoms with van der Waals surface area (Å²) in [7, 11) is -1.05. The van der Waals surface area contributed by atoms with Crippen molar-refractivity contribution in [2.24, 2.45) is 0 Å². The van der Waals surface area contributed by atoms with Gasteiger partial charge in [0.15, 0.2) is 9.84 Å². The standard InChI is InChI=1S/C26H31N3O6S/c1-34-19-11-12-21(23(15-19)35-2)27-25(30)18-36(32,33)24-16-29(22-10-6-5-9-20(22)24)17-26(31)28-13-7-3-4-8-14-28/h5-6,9-12,15-16H,3-4,7-8,13-14,17-18H2,1-2H3,(H,27,30). The van der Waals surface area contributed by atoms with E-state index >= 15 is 0 Å². The van der Waals surface area contributed by atoms with Crippen molar-refractivity contribution in [1.82, 2.24) is 9.47 Å². The van der Waals surface area contributed by atoms with Gasteiger partial charge >= 0.3 is 0 Å². The number of para-hydroxylation sites is 1. The van der Waals surface area contributed by atoms with Crippen LogP contribution in [0.4, 0.5) is 5.69 Å². The lowest BCUT2D eigenvalue weighted by Crippen LogP contribution is -2.34. The Bertz CT molecular complexity index is 1360. The number of carbonyl (C=O) groups excluding carboxylic acids is 2. The first-order valence-corrected chi connectivity index (χ1v) is 13.6. The Hall–Kier alpha value is -3.53. The Balaban J connectivity index is 1.56. The molecule has 3 aromatic rings. The number of carbonyl (C=O) groups is 2. The maximum absolute atomic E-state index is 13.3. The summed E-state index contributed by atoms with van der Waals surface area (Å²) in [6, 6.07) is 11.8. The predicted molar refractivity (Wildman–Crippen MR) is 137 cm³/mol. The van der Waals surface area contributed by atoms with Crippen molar-refractivity contribution in [3.63, 3.8) is 0 Å². The molecule has 1 aliphatic heterocycles. The number of amides is 2. The van der Waals surface area contributed by atoms with Crippen LogP contribution in [0.2, 0.25) is 0 Å². The minimum Gasteiger partial charge on any atom is -0.497 e. The molecule has 0 saturated carbocycles. The van der Waals surface area contributed by atoms with Gasteiger partial charge in [-0.2, -0.15) is 0 Å². The van der Waals surface area contributed by atoms with Crippen LogP contribution < -0.4 is 14.8 Å². The monoisotopic (exact) mass is 513 g/mol. The zero-order valence-electron chi connectivity index (χ0n) is 20.5. The number of likely N-dealkylation sites (tertiary alicyclic amines) is 1. The average molecular weight is 514 g/mol. The Morgan fingerprint density at radius 2 is 1.69 bits per heavy atom. The molecule has 0 aliphatic carbocycles. The number of fused-ring (bicyclic) bond motifs is 1. The fourth-order valence-corrected chi connectivity index (χ4v) is 5.86. The van der Waals surface area contributed by atoms with Crippen LogP contribution >= 0.6 is 0 Å². The molecule has 1 aliphatic rings. The minimum absolute atomic E-state index is 0.0265. The lowest BCUT2D eigenvalue weighted by Gasteiger charge is -2.20. The molecule has 0 atom stereocenters. The highest BCUT2D eigenvalue weighted by Crippen LogP contribution is 2.30. The van der Waals surface area contributed by atoms with Gasteiger partial charge in [0.1, 0.15) is 23.8 Å². The molecule has 1 N–H and O–H groups in total.